The van der Waals surface area contributed by atoms with Gasteiger partial charge in [0.05, 0.1) is 5.56 Å². The molecular weight excluding hydrogens is 285 g/mol. The van der Waals surface area contributed by atoms with Crippen LogP contribution in [0.25, 0.3) is 0 Å². The predicted molar refractivity (Wildman–Crippen MR) is 68.1 cm³/mol. The molecule has 0 bridgehead atoms. The molecular formula is C14H11F3N2O2. The van der Waals surface area contributed by atoms with Gasteiger partial charge in [-0.25, -0.2) is 0 Å². The number of nitriles is 1. The average Bonchev–Trinajstić information content (AvgIpc) is 3.23. The van der Waals surface area contributed by atoms with Gasteiger partial charge in [0.2, 0.25) is 0 Å². The number of halogens is 3. The van der Waals surface area contributed by atoms with Gasteiger partial charge >= 0.3 is 6.18 Å². The second-order valence-corrected chi connectivity index (χ2v) is 4.68. The number of benzene rings is 1. The molecule has 0 heterocycles. The molecule has 1 aliphatic carbocycles. The van der Waals surface area contributed by atoms with Crippen molar-refractivity contribution in [1.82, 2.24) is 0 Å². The van der Waals surface area contributed by atoms with Gasteiger partial charge < -0.3 is 10.4 Å². The summed E-state index contributed by atoms with van der Waals surface area (Å²) in [6.45, 7) is 0. The molecule has 1 aliphatic rings. The molecule has 1 aromatic rings. The van der Waals surface area contributed by atoms with Crippen LogP contribution in [-0.4, -0.2) is 11.0 Å². The number of rotatable bonds is 3. The van der Waals surface area contributed by atoms with Crippen molar-refractivity contribution in [2.24, 2.45) is 5.92 Å². The zero-order valence-electron chi connectivity index (χ0n) is 10.7. The lowest BCUT2D eigenvalue weighted by molar-refractivity contribution is -0.137. The maximum atomic E-state index is 12.4. The second kappa shape index (κ2) is 5.48. The standard InChI is InChI=1S/C14H11F3N2O2/c15-14(16,17)9-3-5-10(6-4-9)19-13(21)11(7-18)12(20)8-1-2-8/h3-6,8,20H,1-2H2,(H,19,21)/b12-11+. The number of aliphatic hydroxyl groups excluding tert-OH is 1. The topological polar surface area (TPSA) is 73.1 Å². The predicted octanol–water partition coefficient (Wildman–Crippen LogP) is 3.39. The van der Waals surface area contributed by atoms with E-state index in [1.807, 2.05) is 0 Å². The fourth-order valence-corrected chi connectivity index (χ4v) is 1.72. The Balaban J connectivity index is 2.13. The van der Waals surface area contributed by atoms with Gasteiger partial charge in [0, 0.05) is 11.6 Å². The molecule has 0 atom stereocenters. The first kappa shape index (κ1) is 14.9. The van der Waals surface area contributed by atoms with Crippen molar-refractivity contribution in [2.45, 2.75) is 19.0 Å². The molecule has 0 saturated heterocycles. The molecule has 0 spiro atoms. The molecule has 4 nitrogen and oxygen atoms in total. The third-order valence-electron chi connectivity index (χ3n) is 3.03. The number of hydrogen-bond donors (Lipinski definition) is 2. The average molecular weight is 296 g/mol. The first-order valence-electron chi connectivity index (χ1n) is 6.14. The van der Waals surface area contributed by atoms with Crippen LogP contribution in [0.2, 0.25) is 0 Å². The number of amides is 1. The van der Waals surface area contributed by atoms with Crippen molar-refractivity contribution in [3.63, 3.8) is 0 Å². The van der Waals surface area contributed by atoms with Gasteiger partial charge in [0.15, 0.2) is 5.57 Å². The van der Waals surface area contributed by atoms with E-state index in [1.165, 1.54) is 0 Å². The lowest BCUT2D eigenvalue weighted by atomic mass is 10.1. The first-order chi connectivity index (χ1) is 9.82. The summed E-state index contributed by atoms with van der Waals surface area (Å²) in [7, 11) is 0. The molecule has 1 saturated carbocycles. The molecule has 0 radical (unpaired) electrons. The summed E-state index contributed by atoms with van der Waals surface area (Å²) in [5.41, 5.74) is -1.13. The van der Waals surface area contributed by atoms with Crippen LogP contribution in [0.3, 0.4) is 0 Å². The highest BCUT2D eigenvalue weighted by Crippen LogP contribution is 2.36. The fourth-order valence-electron chi connectivity index (χ4n) is 1.72. The summed E-state index contributed by atoms with van der Waals surface area (Å²) in [6, 6.07) is 5.44. The molecule has 1 fully saturated rings. The van der Waals surface area contributed by atoms with Crippen molar-refractivity contribution in [2.75, 3.05) is 5.32 Å². The third-order valence-corrected chi connectivity index (χ3v) is 3.03. The Morgan fingerprint density at radius 1 is 1.29 bits per heavy atom. The minimum Gasteiger partial charge on any atom is -0.510 e. The van der Waals surface area contributed by atoms with Crippen LogP contribution < -0.4 is 5.32 Å². The zero-order chi connectivity index (χ0) is 15.6. The van der Waals surface area contributed by atoms with Crippen LogP contribution in [0.15, 0.2) is 35.6 Å². The van der Waals surface area contributed by atoms with Crippen LogP contribution in [-0.2, 0) is 11.0 Å². The van der Waals surface area contributed by atoms with E-state index in [1.54, 1.807) is 6.07 Å². The lowest BCUT2D eigenvalue weighted by Gasteiger charge is -2.09. The number of anilines is 1. The van der Waals surface area contributed by atoms with Crippen LogP contribution in [0, 0.1) is 17.2 Å². The minimum absolute atomic E-state index is 0.115. The molecule has 110 valence electrons. The number of nitrogens with one attached hydrogen (secondary N) is 1. The van der Waals surface area contributed by atoms with E-state index in [0.717, 1.165) is 24.3 Å². The van der Waals surface area contributed by atoms with Gasteiger partial charge in [-0.15, -0.1) is 0 Å². The van der Waals surface area contributed by atoms with E-state index in [4.69, 9.17) is 5.26 Å². The number of nitrogens with zero attached hydrogens (tertiary/aromatic N) is 1. The van der Waals surface area contributed by atoms with E-state index < -0.39 is 23.2 Å². The van der Waals surface area contributed by atoms with Crippen molar-refractivity contribution < 1.29 is 23.1 Å². The molecule has 21 heavy (non-hydrogen) atoms. The van der Waals surface area contributed by atoms with Gasteiger partial charge in [-0.2, -0.15) is 18.4 Å². The number of hydrogen-bond acceptors (Lipinski definition) is 3. The molecule has 0 aliphatic heterocycles. The summed E-state index contributed by atoms with van der Waals surface area (Å²) < 4.78 is 37.2. The Morgan fingerprint density at radius 3 is 2.29 bits per heavy atom. The van der Waals surface area contributed by atoms with E-state index in [-0.39, 0.29) is 17.4 Å². The van der Waals surface area contributed by atoms with Gasteiger partial charge in [0.25, 0.3) is 5.91 Å². The maximum absolute atomic E-state index is 12.4. The summed E-state index contributed by atoms with van der Waals surface area (Å²) in [4.78, 5) is 11.8. The SMILES string of the molecule is N#C/C(C(=O)Nc1ccc(C(F)(F)F)cc1)=C(\O)C1CC1. The molecule has 0 aromatic heterocycles. The highest BCUT2D eigenvalue weighted by Gasteiger charge is 2.31. The fraction of sp³-hybridized carbons (Fsp3) is 0.286. The number of carbonyl (C=O) groups is 1. The zero-order valence-corrected chi connectivity index (χ0v) is 10.7. The largest absolute Gasteiger partial charge is 0.510 e. The maximum Gasteiger partial charge on any atom is 0.416 e. The molecule has 0 unspecified atom stereocenters. The van der Waals surface area contributed by atoms with Crippen LogP contribution in [0.5, 0.6) is 0 Å². The molecule has 2 rings (SSSR count). The van der Waals surface area contributed by atoms with Crippen LogP contribution in [0.4, 0.5) is 18.9 Å². The molecule has 1 amide bonds. The Bertz CT molecular complexity index is 623. The number of alkyl halides is 3. The van der Waals surface area contributed by atoms with Gasteiger partial charge in [-0.05, 0) is 37.1 Å². The summed E-state index contributed by atoms with van der Waals surface area (Å²) in [6.07, 6.45) is -3.03. The van der Waals surface area contributed by atoms with Gasteiger partial charge in [-0.1, -0.05) is 0 Å². The van der Waals surface area contributed by atoms with Crippen molar-refractivity contribution in [3.05, 3.63) is 41.2 Å². The van der Waals surface area contributed by atoms with E-state index in [9.17, 15) is 23.1 Å². The lowest BCUT2D eigenvalue weighted by Crippen LogP contribution is -2.16. The summed E-state index contributed by atoms with van der Waals surface area (Å²) in [5.74, 6) is -1.26. The van der Waals surface area contributed by atoms with E-state index >= 15 is 0 Å². The van der Waals surface area contributed by atoms with Crippen LogP contribution in [0.1, 0.15) is 18.4 Å². The van der Waals surface area contributed by atoms with Crippen molar-refractivity contribution >= 4 is 11.6 Å². The van der Waals surface area contributed by atoms with E-state index in [0.29, 0.717) is 12.8 Å². The second-order valence-electron chi connectivity index (χ2n) is 4.68. The number of aliphatic hydroxyl groups is 1. The smallest absolute Gasteiger partial charge is 0.416 e. The molecule has 1 aromatic carbocycles. The quantitative estimate of drug-likeness (QED) is 0.510. The molecule has 7 heteroatoms. The minimum atomic E-state index is -4.45. The summed E-state index contributed by atoms with van der Waals surface area (Å²) >= 11 is 0. The molecule has 2 N–H and O–H groups in total. The van der Waals surface area contributed by atoms with Crippen molar-refractivity contribution in [3.8, 4) is 6.07 Å². The number of carbonyl (C=O) groups excluding carboxylic acids is 1. The van der Waals surface area contributed by atoms with E-state index in [2.05, 4.69) is 5.32 Å². The highest BCUT2D eigenvalue weighted by molar-refractivity contribution is 6.06. The Kier molecular flexibility index (Phi) is 3.89. The summed E-state index contributed by atoms with van der Waals surface area (Å²) in [5, 5.41) is 20.9. The third kappa shape index (κ3) is 3.54. The first-order valence-corrected chi connectivity index (χ1v) is 6.14. The van der Waals surface area contributed by atoms with Gasteiger partial charge in [-0.3, -0.25) is 4.79 Å². The van der Waals surface area contributed by atoms with Gasteiger partial charge in [0.1, 0.15) is 11.8 Å². The van der Waals surface area contributed by atoms with Crippen LogP contribution >= 0.6 is 0 Å². The monoisotopic (exact) mass is 296 g/mol. The highest BCUT2D eigenvalue weighted by atomic mass is 19.4. The Morgan fingerprint density at radius 2 is 1.86 bits per heavy atom. The Labute approximate surface area is 118 Å². The number of allylic oxidation sites excluding steroid dienone is 1. The van der Waals surface area contributed by atoms with Crippen molar-refractivity contribution in [1.29, 1.82) is 5.26 Å². The Hall–Kier alpha value is -2.49. The normalized spacial score (nSPS) is 15.9.